The van der Waals surface area contributed by atoms with Gasteiger partial charge in [0.05, 0.1) is 18.1 Å². The van der Waals surface area contributed by atoms with Gasteiger partial charge in [0.25, 0.3) is 0 Å². The highest BCUT2D eigenvalue weighted by molar-refractivity contribution is 7.89. The largest absolute Gasteiger partial charge is 0.380 e. The minimum absolute atomic E-state index is 0.135. The molecule has 1 atom stereocenters. The average Bonchev–Trinajstić information content (AvgIpc) is 2.69. The lowest BCUT2D eigenvalue weighted by Gasteiger charge is -2.16. The molecule has 1 fully saturated rings. The molecule has 1 aromatic carbocycles. The van der Waals surface area contributed by atoms with Crippen molar-refractivity contribution in [3.63, 3.8) is 0 Å². The first kappa shape index (κ1) is 16.7. The maximum absolute atomic E-state index is 12.4. The van der Waals surface area contributed by atoms with Gasteiger partial charge in [-0.05, 0) is 37.1 Å². The molecule has 0 saturated carbocycles. The maximum Gasteiger partial charge on any atom is 0.240 e. The second-order valence-corrected chi connectivity index (χ2v) is 7.51. The Morgan fingerprint density at radius 2 is 2.14 bits per heavy atom. The molecule has 5 nitrogen and oxygen atoms in total. The average molecular weight is 333 g/mol. The zero-order valence-corrected chi connectivity index (χ0v) is 13.9. The van der Waals surface area contributed by atoms with Gasteiger partial charge in [-0.1, -0.05) is 11.6 Å². The van der Waals surface area contributed by atoms with Crippen molar-refractivity contribution in [3.05, 3.63) is 28.3 Å². The molecule has 7 heteroatoms. The van der Waals surface area contributed by atoms with E-state index in [2.05, 4.69) is 10.0 Å². The van der Waals surface area contributed by atoms with Crippen molar-refractivity contribution in [2.24, 2.45) is 5.92 Å². The Labute approximate surface area is 131 Å². The summed E-state index contributed by atoms with van der Waals surface area (Å²) in [6, 6.07) is 3.30. The van der Waals surface area contributed by atoms with Gasteiger partial charge in [-0.2, -0.15) is 0 Å². The molecule has 118 valence electrons. The summed E-state index contributed by atoms with van der Waals surface area (Å²) in [6.45, 7) is 6.68. The lowest BCUT2D eigenvalue weighted by atomic mass is 10.2. The Bertz CT molecular complexity index is 596. The van der Waals surface area contributed by atoms with E-state index in [0.717, 1.165) is 18.7 Å². The molecule has 0 aliphatic carbocycles. The number of rotatable bonds is 4. The number of hydrogen-bond acceptors (Lipinski definition) is 4. The summed E-state index contributed by atoms with van der Waals surface area (Å²) in [6.07, 6.45) is 0. The lowest BCUT2D eigenvalue weighted by molar-refractivity contribution is 0.124. The zero-order valence-electron chi connectivity index (χ0n) is 12.3. The summed E-state index contributed by atoms with van der Waals surface area (Å²) >= 11 is 6.01. The molecule has 0 unspecified atom stereocenters. The van der Waals surface area contributed by atoms with Crippen LogP contribution in [-0.4, -0.2) is 41.3 Å². The van der Waals surface area contributed by atoms with E-state index in [1.54, 1.807) is 26.0 Å². The molecule has 0 spiro atoms. The van der Waals surface area contributed by atoms with Gasteiger partial charge >= 0.3 is 0 Å². The van der Waals surface area contributed by atoms with Crippen molar-refractivity contribution < 1.29 is 13.2 Å². The minimum Gasteiger partial charge on any atom is -0.380 e. The van der Waals surface area contributed by atoms with Crippen molar-refractivity contribution in [2.75, 3.05) is 32.8 Å². The molecule has 2 N–H and O–H groups in total. The number of nitrogens with one attached hydrogen (secondary N) is 2. The Balaban J connectivity index is 2.09. The van der Waals surface area contributed by atoms with Gasteiger partial charge in [0, 0.05) is 30.6 Å². The first-order valence-electron chi connectivity index (χ1n) is 6.95. The van der Waals surface area contributed by atoms with Gasteiger partial charge in [-0.3, -0.25) is 0 Å². The second kappa shape index (κ2) is 7.07. The van der Waals surface area contributed by atoms with Crippen molar-refractivity contribution in [3.8, 4) is 0 Å². The topological polar surface area (TPSA) is 67.4 Å². The molecule has 0 bridgehead atoms. The van der Waals surface area contributed by atoms with Crippen LogP contribution in [0.1, 0.15) is 11.1 Å². The van der Waals surface area contributed by atoms with Gasteiger partial charge in [0.15, 0.2) is 0 Å². The fourth-order valence-electron chi connectivity index (χ4n) is 2.24. The third-order valence-corrected chi connectivity index (χ3v) is 5.49. The van der Waals surface area contributed by atoms with Crippen LogP contribution >= 0.6 is 11.6 Å². The molecule has 1 aliphatic rings. The van der Waals surface area contributed by atoms with Crippen LogP contribution in [0.15, 0.2) is 17.0 Å². The summed E-state index contributed by atoms with van der Waals surface area (Å²) in [5.74, 6) is 0.135. The van der Waals surface area contributed by atoms with Crippen LogP contribution in [-0.2, 0) is 14.8 Å². The molecular formula is C14H21ClN2O3S. The van der Waals surface area contributed by atoms with Gasteiger partial charge < -0.3 is 10.1 Å². The molecule has 0 aromatic heterocycles. The van der Waals surface area contributed by atoms with E-state index in [9.17, 15) is 8.42 Å². The maximum atomic E-state index is 12.4. The Hall–Kier alpha value is -0.660. The second-order valence-electron chi connectivity index (χ2n) is 5.36. The minimum atomic E-state index is -3.53. The standard InChI is InChI=1S/C14H21ClN2O3S/c1-10-6-14(11(2)5-13(10)15)21(18,19)17-8-12-7-16-3-4-20-9-12/h5-6,12,16-17H,3-4,7-9H2,1-2H3/t12-/m1/s1. The van der Waals surface area contributed by atoms with Gasteiger partial charge in [-0.25, -0.2) is 13.1 Å². The van der Waals surface area contributed by atoms with Crippen molar-refractivity contribution in [2.45, 2.75) is 18.7 Å². The molecule has 1 aromatic rings. The first-order chi connectivity index (χ1) is 9.90. The highest BCUT2D eigenvalue weighted by Crippen LogP contribution is 2.23. The van der Waals surface area contributed by atoms with Crippen LogP contribution in [0.4, 0.5) is 0 Å². The Morgan fingerprint density at radius 3 is 2.90 bits per heavy atom. The van der Waals surface area contributed by atoms with E-state index in [4.69, 9.17) is 16.3 Å². The van der Waals surface area contributed by atoms with Crippen molar-refractivity contribution in [1.29, 1.82) is 0 Å². The number of halogens is 1. The van der Waals surface area contributed by atoms with E-state index < -0.39 is 10.0 Å². The number of ether oxygens (including phenoxy) is 1. The molecule has 1 aliphatic heterocycles. The molecule has 1 saturated heterocycles. The first-order valence-corrected chi connectivity index (χ1v) is 8.81. The fourth-order valence-corrected chi connectivity index (χ4v) is 3.88. The van der Waals surface area contributed by atoms with E-state index >= 15 is 0 Å². The van der Waals surface area contributed by atoms with Crippen LogP contribution in [0.2, 0.25) is 5.02 Å². The van der Waals surface area contributed by atoms with Crippen LogP contribution < -0.4 is 10.0 Å². The zero-order chi connectivity index (χ0) is 15.5. The summed E-state index contributed by atoms with van der Waals surface area (Å²) in [7, 11) is -3.53. The number of hydrogen-bond donors (Lipinski definition) is 2. The van der Waals surface area contributed by atoms with Crippen molar-refractivity contribution in [1.82, 2.24) is 10.0 Å². The van der Waals surface area contributed by atoms with Crippen LogP contribution in [0.25, 0.3) is 0 Å². The van der Waals surface area contributed by atoms with Gasteiger partial charge in [0.1, 0.15) is 0 Å². The molecule has 2 rings (SSSR count). The molecular weight excluding hydrogens is 312 g/mol. The van der Waals surface area contributed by atoms with Crippen LogP contribution in [0, 0.1) is 19.8 Å². The van der Waals surface area contributed by atoms with Gasteiger partial charge in [0.2, 0.25) is 10.0 Å². The van der Waals surface area contributed by atoms with Crippen LogP contribution in [0.5, 0.6) is 0 Å². The number of benzene rings is 1. The summed E-state index contributed by atoms with van der Waals surface area (Å²) in [4.78, 5) is 0.284. The normalized spacial score (nSPS) is 20.2. The monoisotopic (exact) mass is 332 g/mol. The predicted octanol–water partition coefficient (Wildman–Crippen LogP) is 1.47. The van der Waals surface area contributed by atoms with Crippen LogP contribution in [0.3, 0.4) is 0 Å². The molecule has 0 radical (unpaired) electrons. The lowest BCUT2D eigenvalue weighted by Crippen LogP contribution is -2.35. The predicted molar refractivity (Wildman–Crippen MR) is 83.3 cm³/mol. The number of sulfonamides is 1. The third kappa shape index (κ3) is 4.40. The third-order valence-electron chi connectivity index (χ3n) is 3.52. The SMILES string of the molecule is Cc1cc(S(=O)(=O)NC[C@H]2CNCCOC2)c(C)cc1Cl. The summed E-state index contributed by atoms with van der Waals surface area (Å²) in [5.41, 5.74) is 1.40. The summed E-state index contributed by atoms with van der Waals surface area (Å²) in [5, 5.41) is 3.80. The molecule has 1 heterocycles. The van der Waals surface area contributed by atoms with E-state index in [0.29, 0.717) is 30.3 Å². The molecule has 21 heavy (non-hydrogen) atoms. The number of aryl methyl sites for hydroxylation is 2. The fraction of sp³-hybridized carbons (Fsp3) is 0.571. The highest BCUT2D eigenvalue weighted by atomic mass is 35.5. The quantitative estimate of drug-likeness (QED) is 0.876. The Morgan fingerprint density at radius 1 is 1.38 bits per heavy atom. The van der Waals surface area contributed by atoms with E-state index in [1.165, 1.54) is 0 Å². The van der Waals surface area contributed by atoms with Crippen molar-refractivity contribution >= 4 is 21.6 Å². The summed E-state index contributed by atoms with van der Waals surface area (Å²) < 4.78 is 33.0. The Kier molecular flexibility index (Phi) is 5.62. The van der Waals surface area contributed by atoms with Gasteiger partial charge in [-0.15, -0.1) is 0 Å². The highest BCUT2D eigenvalue weighted by Gasteiger charge is 2.20. The van der Waals surface area contributed by atoms with E-state index in [-0.39, 0.29) is 10.8 Å². The molecule has 0 amide bonds. The smallest absolute Gasteiger partial charge is 0.240 e. The van der Waals surface area contributed by atoms with E-state index in [1.807, 2.05) is 0 Å².